The maximum Gasteiger partial charge on any atom is 0.271 e. The predicted molar refractivity (Wildman–Crippen MR) is 116 cm³/mol. The van der Waals surface area contributed by atoms with E-state index in [2.05, 4.69) is 0 Å². The maximum atomic E-state index is 13.8. The second-order valence-corrected chi connectivity index (χ2v) is 8.39. The molecule has 1 fully saturated rings. The minimum atomic E-state index is -0.554. The molecule has 2 atom stereocenters. The van der Waals surface area contributed by atoms with Crippen LogP contribution in [0.15, 0.2) is 66.7 Å². The van der Waals surface area contributed by atoms with Gasteiger partial charge in [0.2, 0.25) is 11.8 Å². The van der Waals surface area contributed by atoms with Gasteiger partial charge in [0.1, 0.15) is 11.4 Å². The Labute approximate surface area is 183 Å². The quantitative estimate of drug-likeness (QED) is 0.359. The lowest BCUT2D eigenvalue weighted by atomic mass is 9.55. The van der Waals surface area contributed by atoms with Crippen LogP contribution in [-0.4, -0.2) is 23.8 Å². The Balaban J connectivity index is 1.56. The summed E-state index contributed by atoms with van der Waals surface area (Å²) < 4.78 is 5.37. The minimum absolute atomic E-state index is 0.124. The normalized spacial score (nSPS) is 24.7. The maximum absolute atomic E-state index is 13.8. The number of methoxy groups -OCH3 is 1. The molecule has 0 aromatic heterocycles. The van der Waals surface area contributed by atoms with Crippen LogP contribution >= 0.6 is 0 Å². The fourth-order valence-corrected chi connectivity index (χ4v) is 5.88. The molecule has 0 unspecified atom stereocenters. The van der Waals surface area contributed by atoms with Crippen LogP contribution in [0.4, 0.5) is 11.4 Å². The molecule has 32 heavy (non-hydrogen) atoms. The number of hydrogen-bond acceptors (Lipinski definition) is 5. The average Bonchev–Trinajstić information content (AvgIpc) is 3.09. The first kappa shape index (κ1) is 18.7. The third-order valence-electron chi connectivity index (χ3n) is 7.06. The van der Waals surface area contributed by atoms with E-state index in [9.17, 15) is 19.7 Å². The molecule has 7 heteroatoms. The van der Waals surface area contributed by atoms with Crippen molar-refractivity contribution in [2.45, 2.75) is 11.8 Å². The second kappa shape index (κ2) is 6.50. The Hall–Kier alpha value is -4.00. The second-order valence-electron chi connectivity index (χ2n) is 8.39. The molecular weight excluding hydrogens is 408 g/mol. The van der Waals surface area contributed by atoms with Crippen molar-refractivity contribution < 1.29 is 19.2 Å². The summed E-state index contributed by atoms with van der Waals surface area (Å²) in [6.07, 6.45) is 0. The van der Waals surface area contributed by atoms with Gasteiger partial charge in [-0.2, -0.15) is 0 Å². The van der Waals surface area contributed by atoms with E-state index >= 15 is 0 Å². The largest absolute Gasteiger partial charge is 0.495 e. The van der Waals surface area contributed by atoms with Crippen LogP contribution in [0, 0.1) is 22.0 Å². The third-order valence-corrected chi connectivity index (χ3v) is 7.06. The molecule has 7 nitrogen and oxygen atoms in total. The average molecular weight is 426 g/mol. The molecule has 0 N–H and O–H groups in total. The third kappa shape index (κ3) is 2.25. The Kier molecular flexibility index (Phi) is 3.81. The summed E-state index contributed by atoms with van der Waals surface area (Å²) in [5.41, 5.74) is 4.22. The van der Waals surface area contributed by atoms with Crippen LogP contribution in [-0.2, 0) is 9.59 Å². The van der Waals surface area contributed by atoms with Gasteiger partial charge in [-0.25, -0.2) is 4.90 Å². The highest BCUT2D eigenvalue weighted by molar-refractivity contribution is 6.24. The number of amides is 2. The van der Waals surface area contributed by atoms with E-state index in [-0.39, 0.29) is 40.8 Å². The zero-order chi connectivity index (χ0) is 22.1. The van der Waals surface area contributed by atoms with E-state index in [1.807, 2.05) is 48.5 Å². The number of carbonyl (C=O) groups excluding carboxylic acids is 2. The Bertz CT molecular complexity index is 1220. The number of nitro groups is 1. The van der Waals surface area contributed by atoms with E-state index in [4.69, 9.17) is 4.74 Å². The predicted octanol–water partition coefficient (Wildman–Crippen LogP) is 4.00. The Morgan fingerprint density at radius 1 is 0.812 bits per heavy atom. The number of rotatable bonds is 3. The van der Waals surface area contributed by atoms with Crippen molar-refractivity contribution in [1.29, 1.82) is 0 Å². The highest BCUT2D eigenvalue weighted by atomic mass is 16.6. The van der Waals surface area contributed by atoms with Crippen LogP contribution < -0.4 is 9.64 Å². The minimum Gasteiger partial charge on any atom is -0.495 e. The number of hydrogen-bond donors (Lipinski definition) is 0. The number of imide groups is 1. The topological polar surface area (TPSA) is 89.8 Å². The number of nitrogens with zero attached hydrogens (tertiary/aromatic N) is 2. The monoisotopic (exact) mass is 426 g/mol. The molecule has 2 amide bonds. The van der Waals surface area contributed by atoms with Crippen molar-refractivity contribution >= 4 is 23.2 Å². The number of non-ortho nitro benzene ring substituents is 1. The molecule has 158 valence electrons. The van der Waals surface area contributed by atoms with Gasteiger partial charge in [-0.15, -0.1) is 0 Å². The van der Waals surface area contributed by atoms with E-state index in [1.165, 1.54) is 25.3 Å². The van der Waals surface area contributed by atoms with Gasteiger partial charge in [0, 0.05) is 24.0 Å². The summed E-state index contributed by atoms with van der Waals surface area (Å²) in [6.45, 7) is 0. The van der Waals surface area contributed by atoms with Gasteiger partial charge in [0.15, 0.2) is 0 Å². The summed E-state index contributed by atoms with van der Waals surface area (Å²) in [4.78, 5) is 39.5. The summed E-state index contributed by atoms with van der Waals surface area (Å²) in [7, 11) is 1.41. The highest BCUT2D eigenvalue weighted by Gasteiger charge is 2.62. The van der Waals surface area contributed by atoms with Gasteiger partial charge >= 0.3 is 0 Å². The number of nitro benzene ring substituents is 1. The molecule has 0 spiro atoms. The van der Waals surface area contributed by atoms with Gasteiger partial charge < -0.3 is 4.74 Å². The van der Waals surface area contributed by atoms with Gasteiger partial charge in [-0.1, -0.05) is 48.5 Å². The Morgan fingerprint density at radius 2 is 1.28 bits per heavy atom. The highest BCUT2D eigenvalue weighted by Crippen LogP contribution is 2.61. The molecule has 0 radical (unpaired) electrons. The van der Waals surface area contributed by atoms with Crippen molar-refractivity contribution in [2.24, 2.45) is 11.8 Å². The molecular formula is C25H18N2O5. The molecule has 4 aliphatic rings. The Morgan fingerprint density at radius 3 is 1.69 bits per heavy atom. The molecule has 1 aliphatic heterocycles. The van der Waals surface area contributed by atoms with Crippen LogP contribution in [0.3, 0.4) is 0 Å². The molecule has 3 aliphatic carbocycles. The van der Waals surface area contributed by atoms with Gasteiger partial charge in [0.25, 0.3) is 5.69 Å². The van der Waals surface area contributed by atoms with Crippen molar-refractivity contribution in [3.63, 3.8) is 0 Å². The molecule has 1 heterocycles. The number of ether oxygens (including phenoxy) is 1. The summed E-state index contributed by atoms with van der Waals surface area (Å²) in [6, 6.07) is 19.9. The first-order valence-electron chi connectivity index (χ1n) is 10.4. The molecule has 3 aromatic carbocycles. The van der Waals surface area contributed by atoms with Crippen LogP contribution in [0.5, 0.6) is 5.75 Å². The zero-order valence-corrected chi connectivity index (χ0v) is 17.1. The number of benzene rings is 3. The molecule has 3 aromatic rings. The van der Waals surface area contributed by atoms with Crippen molar-refractivity contribution in [3.8, 4) is 5.75 Å². The lowest BCUT2D eigenvalue weighted by Gasteiger charge is -2.45. The number of anilines is 1. The molecule has 2 bridgehead atoms. The van der Waals surface area contributed by atoms with Gasteiger partial charge in [-0.3, -0.25) is 19.7 Å². The van der Waals surface area contributed by atoms with Crippen molar-refractivity contribution in [3.05, 3.63) is 99.1 Å². The van der Waals surface area contributed by atoms with Crippen LogP contribution in [0.2, 0.25) is 0 Å². The zero-order valence-electron chi connectivity index (χ0n) is 17.1. The fourth-order valence-electron chi connectivity index (χ4n) is 5.88. The van der Waals surface area contributed by atoms with Crippen molar-refractivity contribution in [1.82, 2.24) is 0 Å². The number of carbonyl (C=O) groups is 2. The van der Waals surface area contributed by atoms with Crippen LogP contribution in [0.25, 0.3) is 0 Å². The van der Waals surface area contributed by atoms with Gasteiger partial charge in [0.05, 0.1) is 23.9 Å². The lowest BCUT2D eigenvalue weighted by Crippen LogP contribution is -2.41. The first-order chi connectivity index (χ1) is 15.5. The van der Waals surface area contributed by atoms with E-state index in [0.717, 1.165) is 27.2 Å². The molecule has 0 saturated carbocycles. The standard InChI is InChI=1S/C25H18N2O5/c1-32-19-11-10-13(27(30)31)12-18(19)26-24(28)22-20-14-6-2-3-7-15(14)21(23(22)25(26)29)17-9-5-4-8-16(17)20/h2-12,20-23H,1H3/t20?,21?,22-,23-/m1/s1. The van der Waals surface area contributed by atoms with Crippen LogP contribution in [0.1, 0.15) is 34.1 Å². The smallest absolute Gasteiger partial charge is 0.271 e. The summed E-state index contributed by atoms with van der Waals surface area (Å²) in [5, 5.41) is 11.4. The fraction of sp³-hybridized carbons (Fsp3) is 0.200. The first-order valence-corrected chi connectivity index (χ1v) is 10.4. The van der Waals surface area contributed by atoms with E-state index in [1.54, 1.807) is 0 Å². The van der Waals surface area contributed by atoms with E-state index in [0.29, 0.717) is 0 Å². The summed E-state index contributed by atoms with van der Waals surface area (Å²) in [5.74, 6) is -2.00. The van der Waals surface area contributed by atoms with E-state index < -0.39 is 16.8 Å². The SMILES string of the molecule is COc1ccc([N+](=O)[O-])cc1N1C(=O)[C@@H]2C3c4ccccc4C(c4ccccc43)[C@H]2C1=O. The summed E-state index contributed by atoms with van der Waals surface area (Å²) >= 11 is 0. The lowest BCUT2D eigenvalue weighted by molar-refractivity contribution is -0.384. The molecule has 7 rings (SSSR count). The van der Waals surface area contributed by atoms with Gasteiger partial charge in [-0.05, 0) is 28.3 Å². The van der Waals surface area contributed by atoms with Crippen molar-refractivity contribution in [2.75, 3.05) is 12.0 Å². The molecule has 1 saturated heterocycles.